The van der Waals surface area contributed by atoms with Gasteiger partial charge in [0.15, 0.2) is 0 Å². The van der Waals surface area contributed by atoms with E-state index in [9.17, 15) is 18.4 Å². The highest BCUT2D eigenvalue weighted by atomic mass is 19.4. The number of halogens is 3. The molecule has 7 heteroatoms. The highest BCUT2D eigenvalue weighted by Gasteiger charge is 2.30. The van der Waals surface area contributed by atoms with E-state index in [-0.39, 0.29) is 10.5 Å². The van der Waals surface area contributed by atoms with Crippen LogP contribution in [-0.2, 0) is 6.18 Å². The van der Waals surface area contributed by atoms with Gasteiger partial charge in [-0.05, 0) is 18.2 Å². The predicted molar refractivity (Wildman–Crippen MR) is 47.0 cm³/mol. The van der Waals surface area contributed by atoms with Gasteiger partial charge in [-0.3, -0.25) is 0 Å². The maximum Gasteiger partial charge on any atom is 0.416 e. The molecular formula is C8H8F3N3O. The summed E-state index contributed by atoms with van der Waals surface area (Å²) in [5, 5.41) is 13.5. The van der Waals surface area contributed by atoms with Crippen LogP contribution in [0.3, 0.4) is 0 Å². The summed E-state index contributed by atoms with van der Waals surface area (Å²) in [6.07, 6.45) is -4.40. The van der Waals surface area contributed by atoms with Crippen LogP contribution in [0.5, 0.6) is 0 Å². The van der Waals surface area contributed by atoms with Gasteiger partial charge in [0.05, 0.1) is 10.8 Å². The first-order valence-electron chi connectivity index (χ1n) is 3.94. The van der Waals surface area contributed by atoms with Crippen molar-refractivity contribution in [1.82, 2.24) is 0 Å². The minimum absolute atomic E-state index is 0.104. The molecule has 0 aliphatic heterocycles. The van der Waals surface area contributed by atoms with Gasteiger partial charge in [0.2, 0.25) is 0 Å². The lowest BCUT2D eigenvalue weighted by atomic mass is 10.2. The second-order valence-electron chi connectivity index (χ2n) is 2.75. The highest BCUT2D eigenvalue weighted by molar-refractivity contribution is 5.45. The molecule has 0 aliphatic carbocycles. The topological polar surface area (TPSA) is 50.5 Å². The number of benzene rings is 1. The fourth-order valence-electron chi connectivity index (χ4n) is 0.893. The number of alkyl halides is 3. The Balaban J connectivity index is 2.89. The molecule has 0 saturated carbocycles. The van der Waals surface area contributed by atoms with E-state index in [1.807, 2.05) is 0 Å². The molecule has 1 aromatic carbocycles. The first kappa shape index (κ1) is 11.3. The Bertz CT molecular complexity index is 372. The Labute approximate surface area is 83.6 Å². The monoisotopic (exact) mass is 219 g/mol. The molecule has 0 atom stereocenters. The van der Waals surface area contributed by atoms with Gasteiger partial charge < -0.3 is 5.21 Å². The molecule has 1 rings (SSSR count). The standard InChI is InChI=1S/C8H8F3N3O/c1-14(15)13-12-7-4-2-3-6(5-7)8(9,10)11/h2-5,12H,1H3/b14-13-. The molecule has 1 aromatic rings. The van der Waals surface area contributed by atoms with Crippen molar-refractivity contribution in [2.75, 3.05) is 12.5 Å². The Morgan fingerprint density at radius 3 is 2.60 bits per heavy atom. The van der Waals surface area contributed by atoms with Crippen molar-refractivity contribution in [3.63, 3.8) is 0 Å². The van der Waals surface area contributed by atoms with Crippen LogP contribution in [0.2, 0.25) is 0 Å². The average Bonchev–Trinajstić information content (AvgIpc) is 2.14. The van der Waals surface area contributed by atoms with Gasteiger partial charge in [-0.1, -0.05) is 6.07 Å². The van der Waals surface area contributed by atoms with Gasteiger partial charge in [-0.15, -0.1) is 5.43 Å². The van der Waals surface area contributed by atoms with Gasteiger partial charge in [-0.25, -0.2) is 0 Å². The Morgan fingerprint density at radius 1 is 1.40 bits per heavy atom. The molecule has 0 unspecified atom stereocenters. The summed E-state index contributed by atoms with van der Waals surface area (Å²) < 4.78 is 36.7. The first-order chi connectivity index (χ1) is 6.89. The molecule has 0 radical (unpaired) electrons. The van der Waals surface area contributed by atoms with Crippen molar-refractivity contribution in [1.29, 1.82) is 0 Å². The van der Waals surface area contributed by atoms with E-state index >= 15 is 0 Å². The third kappa shape index (κ3) is 3.45. The molecule has 0 bridgehead atoms. The number of hydrogen-bond acceptors (Lipinski definition) is 2. The van der Waals surface area contributed by atoms with Crippen molar-refractivity contribution < 1.29 is 18.0 Å². The molecule has 15 heavy (non-hydrogen) atoms. The van der Waals surface area contributed by atoms with E-state index in [0.29, 0.717) is 0 Å². The zero-order valence-electron chi connectivity index (χ0n) is 7.75. The van der Waals surface area contributed by atoms with E-state index in [1.165, 1.54) is 12.1 Å². The molecule has 1 N–H and O–H groups in total. The van der Waals surface area contributed by atoms with Crippen LogP contribution in [0, 0.1) is 5.21 Å². The summed E-state index contributed by atoms with van der Waals surface area (Å²) in [7, 11) is 1.11. The summed E-state index contributed by atoms with van der Waals surface area (Å²) >= 11 is 0. The van der Waals surface area contributed by atoms with E-state index in [4.69, 9.17) is 0 Å². The minimum atomic E-state index is -4.40. The highest BCUT2D eigenvalue weighted by Crippen LogP contribution is 2.30. The lowest BCUT2D eigenvalue weighted by Gasteiger charge is -2.06. The summed E-state index contributed by atoms with van der Waals surface area (Å²) in [5.74, 6) is 0. The van der Waals surface area contributed by atoms with Crippen LogP contribution in [0.4, 0.5) is 18.9 Å². The third-order valence-corrected chi connectivity index (χ3v) is 1.51. The van der Waals surface area contributed by atoms with Crippen molar-refractivity contribution in [3.05, 3.63) is 35.0 Å². The maximum absolute atomic E-state index is 12.2. The lowest BCUT2D eigenvalue weighted by Crippen LogP contribution is -2.05. The Morgan fingerprint density at radius 2 is 2.07 bits per heavy atom. The maximum atomic E-state index is 12.2. The number of anilines is 1. The average molecular weight is 219 g/mol. The Kier molecular flexibility index (Phi) is 3.13. The second kappa shape index (κ2) is 4.16. The summed E-state index contributed by atoms with van der Waals surface area (Å²) in [6.45, 7) is 0. The van der Waals surface area contributed by atoms with Gasteiger partial charge in [0, 0.05) is 0 Å². The summed E-state index contributed by atoms with van der Waals surface area (Å²) in [6, 6.07) is 4.41. The molecule has 0 heterocycles. The zero-order chi connectivity index (χ0) is 11.5. The lowest BCUT2D eigenvalue weighted by molar-refractivity contribution is -0.497. The van der Waals surface area contributed by atoms with Gasteiger partial charge in [-0.2, -0.15) is 18.0 Å². The fraction of sp³-hybridized carbons (Fsp3) is 0.250. The molecule has 0 aliphatic rings. The van der Waals surface area contributed by atoms with Crippen LogP contribution < -0.4 is 5.43 Å². The van der Waals surface area contributed by atoms with Crippen molar-refractivity contribution in [2.24, 2.45) is 5.22 Å². The molecular weight excluding hydrogens is 211 g/mol. The molecule has 0 aromatic heterocycles. The largest absolute Gasteiger partial charge is 0.696 e. The molecule has 4 nitrogen and oxygen atoms in total. The summed E-state index contributed by atoms with van der Waals surface area (Å²) in [4.78, 5) is 0.209. The SMILES string of the molecule is C/[N+]([O-])=N/Nc1cccc(C(F)(F)F)c1. The van der Waals surface area contributed by atoms with Crippen LogP contribution in [0.25, 0.3) is 0 Å². The smallest absolute Gasteiger partial charge is 0.416 e. The molecule has 0 spiro atoms. The van der Waals surface area contributed by atoms with E-state index in [0.717, 1.165) is 19.2 Å². The van der Waals surface area contributed by atoms with Gasteiger partial charge >= 0.3 is 6.18 Å². The molecule has 82 valence electrons. The van der Waals surface area contributed by atoms with Gasteiger partial charge in [0.25, 0.3) is 0 Å². The second-order valence-corrected chi connectivity index (χ2v) is 2.75. The van der Waals surface area contributed by atoms with Crippen molar-refractivity contribution >= 4 is 5.69 Å². The Hall–Kier alpha value is -1.79. The fourth-order valence-corrected chi connectivity index (χ4v) is 0.893. The zero-order valence-corrected chi connectivity index (χ0v) is 7.75. The molecule has 0 amide bonds. The number of rotatable bonds is 2. The quantitative estimate of drug-likeness (QED) is 0.472. The van der Waals surface area contributed by atoms with Crippen LogP contribution in [0.1, 0.15) is 5.56 Å². The van der Waals surface area contributed by atoms with Crippen LogP contribution >= 0.6 is 0 Å². The normalized spacial score (nSPS) is 12.7. The van der Waals surface area contributed by atoms with Crippen molar-refractivity contribution in [3.8, 4) is 0 Å². The first-order valence-corrected chi connectivity index (χ1v) is 3.94. The van der Waals surface area contributed by atoms with Crippen LogP contribution in [0.15, 0.2) is 29.5 Å². The third-order valence-electron chi connectivity index (χ3n) is 1.51. The van der Waals surface area contributed by atoms with E-state index in [2.05, 4.69) is 10.6 Å². The van der Waals surface area contributed by atoms with E-state index < -0.39 is 11.7 Å². The van der Waals surface area contributed by atoms with Crippen molar-refractivity contribution in [2.45, 2.75) is 6.18 Å². The van der Waals surface area contributed by atoms with E-state index in [1.54, 1.807) is 0 Å². The van der Waals surface area contributed by atoms with Crippen LogP contribution in [-0.4, -0.2) is 11.9 Å². The molecule has 0 saturated heterocycles. The summed E-state index contributed by atoms with van der Waals surface area (Å²) in [5.41, 5.74) is 1.50. The number of nitrogens with one attached hydrogen (secondary N) is 1. The van der Waals surface area contributed by atoms with Gasteiger partial charge in [0.1, 0.15) is 12.7 Å². The predicted octanol–water partition coefficient (Wildman–Crippen LogP) is 2.62. The number of hydrogen-bond donors (Lipinski definition) is 1. The minimum Gasteiger partial charge on any atom is -0.696 e. The molecule has 0 fully saturated rings. The number of nitrogens with zero attached hydrogens (tertiary/aromatic N) is 2. The number of hydroxylamine groups is 1.